The molecule has 0 aliphatic heterocycles. The van der Waals surface area contributed by atoms with E-state index in [2.05, 4.69) is 0 Å². The number of carboxylic acid groups (broad SMARTS) is 1. The lowest BCUT2D eigenvalue weighted by Crippen LogP contribution is -2.10. The summed E-state index contributed by atoms with van der Waals surface area (Å²) < 4.78 is 77.2. The van der Waals surface area contributed by atoms with E-state index in [0.29, 0.717) is 18.2 Å². The summed E-state index contributed by atoms with van der Waals surface area (Å²) in [4.78, 5) is 10.9. The molecular formula is C15H8F6O2. The highest BCUT2D eigenvalue weighted by Crippen LogP contribution is 2.39. The molecule has 0 saturated heterocycles. The Morgan fingerprint density at radius 2 is 1.52 bits per heavy atom. The van der Waals surface area contributed by atoms with Crippen LogP contribution in [0.25, 0.3) is 11.1 Å². The quantitative estimate of drug-likeness (QED) is 0.777. The van der Waals surface area contributed by atoms with Crippen molar-refractivity contribution in [2.75, 3.05) is 0 Å². The van der Waals surface area contributed by atoms with Crippen LogP contribution in [-0.4, -0.2) is 11.1 Å². The first-order chi connectivity index (χ1) is 10.5. The van der Waals surface area contributed by atoms with Crippen molar-refractivity contribution in [2.45, 2.75) is 12.4 Å². The van der Waals surface area contributed by atoms with E-state index in [0.717, 1.165) is 24.3 Å². The van der Waals surface area contributed by atoms with Gasteiger partial charge in [0.05, 0.1) is 16.7 Å². The summed E-state index contributed by atoms with van der Waals surface area (Å²) in [6, 6.07) is 5.30. The predicted octanol–water partition coefficient (Wildman–Crippen LogP) is 5.09. The van der Waals surface area contributed by atoms with Crippen molar-refractivity contribution in [3.8, 4) is 11.1 Å². The topological polar surface area (TPSA) is 37.3 Å². The van der Waals surface area contributed by atoms with Crippen LogP contribution in [0.15, 0.2) is 42.5 Å². The van der Waals surface area contributed by atoms with E-state index in [1.165, 1.54) is 0 Å². The zero-order valence-electron chi connectivity index (χ0n) is 11.2. The Labute approximate surface area is 126 Å². The first-order valence-electron chi connectivity index (χ1n) is 6.12. The summed E-state index contributed by atoms with van der Waals surface area (Å²) in [5, 5.41) is 8.87. The zero-order valence-corrected chi connectivity index (χ0v) is 11.2. The Balaban J connectivity index is 2.70. The van der Waals surface area contributed by atoms with Gasteiger partial charge < -0.3 is 5.11 Å². The molecule has 2 nitrogen and oxygen atoms in total. The molecule has 0 fully saturated rings. The molecule has 0 aliphatic rings. The van der Waals surface area contributed by atoms with Crippen LogP contribution in [-0.2, 0) is 12.4 Å². The van der Waals surface area contributed by atoms with E-state index >= 15 is 0 Å². The van der Waals surface area contributed by atoms with Crippen LogP contribution in [0.3, 0.4) is 0 Å². The lowest BCUT2D eigenvalue weighted by molar-refractivity contribution is -0.137. The van der Waals surface area contributed by atoms with E-state index in [9.17, 15) is 31.1 Å². The fourth-order valence-electron chi connectivity index (χ4n) is 2.03. The molecular weight excluding hydrogens is 326 g/mol. The molecule has 0 heterocycles. The second kappa shape index (κ2) is 5.60. The number of carboxylic acids is 1. The van der Waals surface area contributed by atoms with Gasteiger partial charge in [0.1, 0.15) is 0 Å². The van der Waals surface area contributed by atoms with Gasteiger partial charge in [-0.15, -0.1) is 0 Å². The normalized spacial score (nSPS) is 12.3. The fourth-order valence-corrected chi connectivity index (χ4v) is 2.03. The first-order valence-corrected chi connectivity index (χ1v) is 6.12. The molecule has 0 saturated carbocycles. The molecule has 0 radical (unpaired) electrons. The van der Waals surface area contributed by atoms with E-state index in [-0.39, 0.29) is 5.56 Å². The van der Waals surface area contributed by atoms with Crippen LogP contribution >= 0.6 is 0 Å². The summed E-state index contributed by atoms with van der Waals surface area (Å²) in [5.41, 5.74) is -3.77. The molecule has 2 aromatic rings. The van der Waals surface area contributed by atoms with Gasteiger partial charge in [-0.25, -0.2) is 4.79 Å². The Morgan fingerprint density at radius 3 is 2.04 bits per heavy atom. The summed E-state index contributed by atoms with van der Waals surface area (Å²) in [6.45, 7) is 0. The van der Waals surface area contributed by atoms with Gasteiger partial charge in [0.2, 0.25) is 0 Å². The van der Waals surface area contributed by atoms with Crippen molar-refractivity contribution < 1.29 is 36.2 Å². The SMILES string of the molecule is O=C(O)c1ccc(C(F)(F)F)c(-c2cccc(C(F)(F)F)c2)c1. The Hall–Kier alpha value is -2.51. The molecule has 0 aliphatic carbocycles. The number of rotatable bonds is 2. The molecule has 23 heavy (non-hydrogen) atoms. The van der Waals surface area contributed by atoms with Crippen molar-refractivity contribution in [1.82, 2.24) is 0 Å². The number of halogens is 6. The molecule has 122 valence electrons. The smallest absolute Gasteiger partial charge is 0.417 e. The highest BCUT2D eigenvalue weighted by Gasteiger charge is 2.35. The molecule has 0 amide bonds. The summed E-state index contributed by atoms with van der Waals surface area (Å²) >= 11 is 0. The zero-order chi connectivity index (χ0) is 17.4. The number of carbonyl (C=O) groups is 1. The second-order valence-corrected chi connectivity index (χ2v) is 4.64. The maximum Gasteiger partial charge on any atom is 0.417 e. The number of alkyl halides is 6. The molecule has 8 heteroatoms. The number of aromatic carboxylic acids is 1. The van der Waals surface area contributed by atoms with Crippen molar-refractivity contribution >= 4 is 5.97 Å². The minimum Gasteiger partial charge on any atom is -0.478 e. The molecule has 0 atom stereocenters. The highest BCUT2D eigenvalue weighted by molar-refractivity contribution is 5.90. The molecule has 1 N–H and O–H groups in total. The van der Waals surface area contributed by atoms with Gasteiger partial charge in [-0.05, 0) is 41.5 Å². The van der Waals surface area contributed by atoms with Gasteiger partial charge in [-0.1, -0.05) is 12.1 Å². The van der Waals surface area contributed by atoms with E-state index in [4.69, 9.17) is 5.11 Å². The van der Waals surface area contributed by atoms with Crippen LogP contribution in [0.4, 0.5) is 26.3 Å². The fraction of sp³-hybridized carbons (Fsp3) is 0.133. The Bertz CT molecular complexity index is 746. The standard InChI is InChI=1S/C15H8F6O2/c16-14(17,18)10-3-1-2-8(6-10)11-7-9(13(22)23)4-5-12(11)15(19,20)21/h1-7H,(H,22,23). The highest BCUT2D eigenvalue weighted by atomic mass is 19.4. The van der Waals surface area contributed by atoms with E-state index < -0.39 is 40.6 Å². The molecule has 2 rings (SSSR count). The van der Waals surface area contributed by atoms with Crippen molar-refractivity contribution in [2.24, 2.45) is 0 Å². The van der Waals surface area contributed by atoms with Crippen LogP contribution in [0, 0.1) is 0 Å². The number of hydrogen-bond donors (Lipinski definition) is 1. The number of hydrogen-bond acceptors (Lipinski definition) is 1. The summed E-state index contributed by atoms with van der Waals surface area (Å²) in [6.07, 6.45) is -9.56. The third kappa shape index (κ3) is 3.64. The van der Waals surface area contributed by atoms with Crippen LogP contribution in [0.1, 0.15) is 21.5 Å². The first kappa shape index (κ1) is 16.9. The molecule has 0 unspecified atom stereocenters. The summed E-state index contributed by atoms with van der Waals surface area (Å²) in [7, 11) is 0. The lowest BCUT2D eigenvalue weighted by Gasteiger charge is -2.15. The van der Waals surface area contributed by atoms with E-state index in [1.54, 1.807) is 0 Å². The predicted molar refractivity (Wildman–Crippen MR) is 68.8 cm³/mol. The minimum atomic E-state index is -4.83. The molecule has 0 spiro atoms. The van der Waals surface area contributed by atoms with Crippen molar-refractivity contribution in [3.05, 3.63) is 59.2 Å². The van der Waals surface area contributed by atoms with Gasteiger partial charge in [-0.2, -0.15) is 26.3 Å². The van der Waals surface area contributed by atoms with Crippen LogP contribution in [0.2, 0.25) is 0 Å². The van der Waals surface area contributed by atoms with Crippen LogP contribution in [0.5, 0.6) is 0 Å². The third-order valence-electron chi connectivity index (χ3n) is 3.07. The van der Waals surface area contributed by atoms with Gasteiger partial charge in [-0.3, -0.25) is 0 Å². The Kier molecular flexibility index (Phi) is 4.10. The van der Waals surface area contributed by atoms with Gasteiger partial charge in [0.25, 0.3) is 0 Å². The van der Waals surface area contributed by atoms with Gasteiger partial charge >= 0.3 is 18.3 Å². The molecule has 0 aromatic heterocycles. The second-order valence-electron chi connectivity index (χ2n) is 4.64. The van der Waals surface area contributed by atoms with Gasteiger partial charge in [0.15, 0.2) is 0 Å². The van der Waals surface area contributed by atoms with E-state index in [1.807, 2.05) is 0 Å². The number of benzene rings is 2. The average Bonchev–Trinajstić information content (AvgIpc) is 2.45. The lowest BCUT2D eigenvalue weighted by atomic mass is 9.95. The van der Waals surface area contributed by atoms with Crippen molar-refractivity contribution in [3.63, 3.8) is 0 Å². The third-order valence-corrected chi connectivity index (χ3v) is 3.07. The van der Waals surface area contributed by atoms with Gasteiger partial charge in [0, 0.05) is 0 Å². The Morgan fingerprint density at radius 1 is 0.870 bits per heavy atom. The van der Waals surface area contributed by atoms with Crippen LogP contribution < -0.4 is 0 Å². The molecule has 2 aromatic carbocycles. The maximum absolute atomic E-state index is 13.0. The monoisotopic (exact) mass is 334 g/mol. The summed E-state index contributed by atoms with van der Waals surface area (Å²) in [5.74, 6) is -1.48. The maximum atomic E-state index is 13.0. The largest absolute Gasteiger partial charge is 0.478 e. The average molecular weight is 334 g/mol. The minimum absolute atomic E-state index is 0.366. The van der Waals surface area contributed by atoms with Crippen molar-refractivity contribution in [1.29, 1.82) is 0 Å². The molecule has 0 bridgehead atoms.